The Bertz CT molecular complexity index is 409. The molecule has 1 N–H and O–H groups in total. The Morgan fingerprint density at radius 1 is 1.65 bits per heavy atom. The van der Waals surface area contributed by atoms with Crippen molar-refractivity contribution in [3.8, 4) is 0 Å². The first-order chi connectivity index (χ1) is 8.35. The number of H-pyrrole nitrogens is 1. The van der Waals surface area contributed by atoms with Gasteiger partial charge in [-0.15, -0.1) is 0 Å². The molecule has 1 heterocycles. The summed E-state index contributed by atoms with van der Waals surface area (Å²) >= 11 is 0. The summed E-state index contributed by atoms with van der Waals surface area (Å²) in [7, 11) is 0. The van der Waals surface area contributed by atoms with Crippen LogP contribution in [0.5, 0.6) is 0 Å². The average molecular weight is 234 g/mol. The monoisotopic (exact) mass is 234 g/mol. The Labute approximate surface area is 101 Å². The first-order valence-electron chi connectivity index (χ1n) is 6.11. The van der Waals surface area contributed by atoms with E-state index < -0.39 is 0 Å². The van der Waals surface area contributed by atoms with Gasteiger partial charge in [-0.1, -0.05) is 6.08 Å². The second-order valence-electron chi connectivity index (χ2n) is 4.34. The molecule has 0 fully saturated rings. The minimum atomic E-state index is 0.609. The van der Waals surface area contributed by atoms with Gasteiger partial charge < -0.3 is 4.74 Å². The van der Waals surface area contributed by atoms with Crippen molar-refractivity contribution in [2.75, 3.05) is 13.2 Å². The maximum absolute atomic E-state index is 10.8. The van der Waals surface area contributed by atoms with E-state index in [1.54, 1.807) is 6.20 Å². The van der Waals surface area contributed by atoms with E-state index in [9.17, 15) is 4.79 Å². The van der Waals surface area contributed by atoms with Gasteiger partial charge in [0.15, 0.2) is 6.29 Å². The van der Waals surface area contributed by atoms with Gasteiger partial charge in [-0.2, -0.15) is 5.10 Å². The van der Waals surface area contributed by atoms with Crippen molar-refractivity contribution >= 4 is 11.9 Å². The van der Waals surface area contributed by atoms with Crippen molar-refractivity contribution in [3.05, 3.63) is 23.5 Å². The summed E-state index contributed by atoms with van der Waals surface area (Å²) < 4.78 is 5.44. The lowest BCUT2D eigenvalue weighted by atomic mass is 9.88. The van der Waals surface area contributed by atoms with Gasteiger partial charge in [0.25, 0.3) is 0 Å². The van der Waals surface area contributed by atoms with Crippen LogP contribution >= 0.6 is 0 Å². The molecular weight excluding hydrogens is 216 g/mol. The number of aldehydes is 1. The maximum atomic E-state index is 10.8. The zero-order valence-electron chi connectivity index (χ0n) is 10.1. The number of nitrogens with one attached hydrogen (secondary N) is 1. The van der Waals surface area contributed by atoms with Crippen molar-refractivity contribution in [1.82, 2.24) is 10.2 Å². The van der Waals surface area contributed by atoms with Crippen LogP contribution in [0, 0.1) is 5.92 Å². The van der Waals surface area contributed by atoms with E-state index in [1.165, 1.54) is 5.57 Å². The van der Waals surface area contributed by atoms with Gasteiger partial charge in [0.1, 0.15) is 0 Å². The lowest BCUT2D eigenvalue weighted by molar-refractivity contribution is 0.107. The molecule has 0 saturated carbocycles. The molecule has 1 aliphatic rings. The van der Waals surface area contributed by atoms with E-state index in [2.05, 4.69) is 16.3 Å². The molecule has 17 heavy (non-hydrogen) atoms. The summed E-state index contributed by atoms with van der Waals surface area (Å²) in [5, 5.41) is 6.89. The third-order valence-electron chi connectivity index (χ3n) is 3.18. The van der Waals surface area contributed by atoms with E-state index in [0.717, 1.165) is 44.5 Å². The number of aromatic amines is 1. The molecule has 1 unspecified atom stereocenters. The zero-order valence-corrected chi connectivity index (χ0v) is 10.1. The number of hydrogen-bond acceptors (Lipinski definition) is 3. The topological polar surface area (TPSA) is 55.0 Å². The van der Waals surface area contributed by atoms with Crippen molar-refractivity contribution in [2.24, 2.45) is 5.92 Å². The number of rotatable bonds is 5. The van der Waals surface area contributed by atoms with Crippen LogP contribution in [-0.2, 0) is 4.74 Å². The van der Waals surface area contributed by atoms with Crippen LogP contribution in [0.3, 0.4) is 0 Å². The van der Waals surface area contributed by atoms with Gasteiger partial charge >= 0.3 is 0 Å². The fourth-order valence-electron chi connectivity index (χ4n) is 2.19. The molecule has 1 aromatic rings. The number of carbonyl (C=O) groups is 1. The minimum Gasteiger partial charge on any atom is -0.381 e. The average Bonchev–Trinajstić information content (AvgIpc) is 2.85. The predicted molar refractivity (Wildman–Crippen MR) is 65.8 cm³/mol. The number of allylic oxidation sites excluding steroid dienone is 2. The van der Waals surface area contributed by atoms with Crippen LogP contribution in [0.25, 0.3) is 5.57 Å². The number of ether oxygens (including phenoxy) is 1. The first-order valence-corrected chi connectivity index (χ1v) is 6.11. The van der Waals surface area contributed by atoms with Crippen molar-refractivity contribution in [3.63, 3.8) is 0 Å². The molecule has 0 amide bonds. The SMILES string of the molecule is CCOCC1CC=C(c2n[nH]cc2C=O)CC1. The van der Waals surface area contributed by atoms with Crippen LogP contribution in [-0.4, -0.2) is 29.7 Å². The third kappa shape index (κ3) is 2.82. The zero-order chi connectivity index (χ0) is 12.1. The maximum Gasteiger partial charge on any atom is 0.153 e. The van der Waals surface area contributed by atoms with Crippen LogP contribution in [0.4, 0.5) is 0 Å². The van der Waals surface area contributed by atoms with E-state index in [4.69, 9.17) is 4.74 Å². The Morgan fingerprint density at radius 2 is 2.53 bits per heavy atom. The molecule has 4 nitrogen and oxygen atoms in total. The Morgan fingerprint density at radius 3 is 3.18 bits per heavy atom. The van der Waals surface area contributed by atoms with Crippen LogP contribution in [0.15, 0.2) is 12.3 Å². The standard InChI is InChI=1S/C13H18N2O2/c1-2-17-9-10-3-5-11(6-4-10)13-12(8-16)7-14-15-13/h5,7-8,10H,2-4,6,9H2,1H3,(H,14,15). The van der Waals surface area contributed by atoms with Crippen LogP contribution in [0.1, 0.15) is 42.2 Å². The molecular formula is C13H18N2O2. The van der Waals surface area contributed by atoms with Gasteiger partial charge in [-0.05, 0) is 37.7 Å². The fourth-order valence-corrected chi connectivity index (χ4v) is 2.19. The minimum absolute atomic E-state index is 0.609. The van der Waals surface area contributed by atoms with Crippen LogP contribution in [0.2, 0.25) is 0 Å². The molecule has 1 aliphatic carbocycles. The molecule has 0 spiro atoms. The Hall–Kier alpha value is -1.42. The summed E-state index contributed by atoms with van der Waals surface area (Å²) in [4.78, 5) is 10.8. The van der Waals surface area contributed by atoms with Gasteiger partial charge in [0.2, 0.25) is 0 Å². The predicted octanol–water partition coefficient (Wildman–Crippen LogP) is 2.44. The smallest absolute Gasteiger partial charge is 0.153 e. The fraction of sp³-hybridized carbons (Fsp3) is 0.538. The third-order valence-corrected chi connectivity index (χ3v) is 3.18. The molecule has 0 aliphatic heterocycles. The molecule has 1 aromatic heterocycles. The van der Waals surface area contributed by atoms with Crippen molar-refractivity contribution in [1.29, 1.82) is 0 Å². The Balaban J connectivity index is 2.01. The van der Waals surface area contributed by atoms with Crippen LogP contribution < -0.4 is 0 Å². The summed E-state index contributed by atoms with van der Waals surface area (Å²) in [5.74, 6) is 0.609. The van der Waals surface area contributed by atoms with Crippen molar-refractivity contribution < 1.29 is 9.53 Å². The summed E-state index contributed by atoms with van der Waals surface area (Å²) in [6, 6.07) is 0. The number of hydrogen-bond donors (Lipinski definition) is 1. The molecule has 92 valence electrons. The van der Waals surface area contributed by atoms with Gasteiger partial charge in [0, 0.05) is 19.4 Å². The van der Waals surface area contributed by atoms with E-state index in [0.29, 0.717) is 11.5 Å². The molecule has 0 saturated heterocycles. The molecule has 0 aromatic carbocycles. The second kappa shape index (κ2) is 5.77. The van der Waals surface area contributed by atoms with E-state index in [1.807, 2.05) is 6.92 Å². The first kappa shape index (κ1) is 12.0. The molecule has 1 atom stereocenters. The molecule has 0 radical (unpaired) electrons. The number of carbonyl (C=O) groups excluding carboxylic acids is 1. The highest BCUT2D eigenvalue weighted by Crippen LogP contribution is 2.30. The van der Waals surface area contributed by atoms with Crippen molar-refractivity contribution in [2.45, 2.75) is 26.2 Å². The number of nitrogens with zero attached hydrogens (tertiary/aromatic N) is 1. The highest BCUT2D eigenvalue weighted by Gasteiger charge is 2.18. The highest BCUT2D eigenvalue weighted by atomic mass is 16.5. The molecule has 2 rings (SSSR count). The molecule has 0 bridgehead atoms. The van der Waals surface area contributed by atoms with E-state index >= 15 is 0 Å². The normalized spacial score (nSPS) is 20.1. The van der Waals surface area contributed by atoms with Gasteiger partial charge in [-0.25, -0.2) is 0 Å². The second-order valence-corrected chi connectivity index (χ2v) is 4.34. The largest absolute Gasteiger partial charge is 0.381 e. The quantitative estimate of drug-likeness (QED) is 0.796. The van der Waals surface area contributed by atoms with Gasteiger partial charge in [-0.3, -0.25) is 9.89 Å². The van der Waals surface area contributed by atoms with E-state index in [-0.39, 0.29) is 0 Å². The lowest BCUT2D eigenvalue weighted by Gasteiger charge is -2.21. The summed E-state index contributed by atoms with van der Waals surface area (Å²) in [6.07, 6.45) is 7.79. The highest BCUT2D eigenvalue weighted by molar-refractivity contribution is 5.83. The van der Waals surface area contributed by atoms with Gasteiger partial charge in [0.05, 0.1) is 11.3 Å². The molecule has 4 heteroatoms. The lowest BCUT2D eigenvalue weighted by Crippen LogP contribution is -2.12. The number of aromatic nitrogens is 2. The summed E-state index contributed by atoms with van der Waals surface area (Å²) in [5.41, 5.74) is 2.65. The Kier molecular flexibility index (Phi) is 4.09. The summed E-state index contributed by atoms with van der Waals surface area (Å²) in [6.45, 7) is 3.63.